The van der Waals surface area contributed by atoms with Crippen LogP contribution in [0.4, 0.5) is 13.2 Å². The number of nitrogens with two attached hydrogens (primary N) is 1. The van der Waals surface area contributed by atoms with E-state index in [1.54, 1.807) is 0 Å². The molecule has 11 heavy (non-hydrogen) atoms. The van der Waals surface area contributed by atoms with Crippen LogP contribution >= 0.6 is 24.8 Å². The van der Waals surface area contributed by atoms with E-state index < -0.39 is 18.8 Å². The van der Waals surface area contributed by atoms with Crippen LogP contribution in [0.25, 0.3) is 0 Å². The van der Waals surface area contributed by atoms with Crippen LogP contribution in [0.1, 0.15) is 0 Å². The van der Waals surface area contributed by atoms with E-state index in [9.17, 15) is 13.2 Å². The summed E-state index contributed by atoms with van der Waals surface area (Å²) in [5, 5.41) is 2.04. The molecule has 0 aliphatic rings. The van der Waals surface area contributed by atoms with Gasteiger partial charge in [0.1, 0.15) is 6.04 Å². The first kappa shape index (κ1) is 17.4. The first-order valence-electron chi connectivity index (χ1n) is 2.46. The zero-order valence-electron chi connectivity index (χ0n) is 5.81. The van der Waals surface area contributed by atoms with Gasteiger partial charge in [0.25, 0.3) is 0 Å². The van der Waals surface area contributed by atoms with Gasteiger partial charge < -0.3 is 11.1 Å². The Morgan fingerprint density at radius 2 is 1.73 bits per heavy atom. The molecule has 7 heteroatoms. The first-order chi connectivity index (χ1) is 4.02. The van der Waals surface area contributed by atoms with Crippen LogP contribution in [0.15, 0.2) is 0 Å². The topological polar surface area (TPSA) is 38.0 Å². The Balaban J connectivity index is -0.000000320. The minimum absolute atomic E-state index is 0. The van der Waals surface area contributed by atoms with E-state index in [0.717, 1.165) is 0 Å². The number of nitrogens with one attached hydrogen (secondary N) is 1. The molecule has 0 bridgehead atoms. The monoisotopic (exact) mass is 214 g/mol. The molecule has 0 saturated carbocycles. The second-order valence-electron chi connectivity index (χ2n) is 1.62. The lowest BCUT2D eigenvalue weighted by molar-refractivity contribution is -0.151. The van der Waals surface area contributed by atoms with Gasteiger partial charge in [-0.25, -0.2) is 0 Å². The van der Waals surface area contributed by atoms with Gasteiger partial charge in [-0.15, -0.1) is 24.8 Å². The van der Waals surface area contributed by atoms with Gasteiger partial charge in [0, 0.05) is 6.54 Å². The Kier molecular flexibility index (Phi) is 11.0. The number of hydrogen-bond acceptors (Lipinski definition) is 2. The third-order valence-electron chi connectivity index (χ3n) is 0.979. The van der Waals surface area contributed by atoms with Gasteiger partial charge in [0.05, 0.1) is 0 Å². The Morgan fingerprint density at radius 1 is 1.36 bits per heavy atom. The van der Waals surface area contributed by atoms with Gasteiger partial charge in [0.2, 0.25) is 0 Å². The molecule has 3 N–H and O–H groups in total. The molecule has 0 saturated heterocycles. The van der Waals surface area contributed by atoms with Crippen molar-refractivity contribution in [2.24, 2.45) is 5.73 Å². The third kappa shape index (κ3) is 6.68. The molecule has 0 aromatic rings. The zero-order valence-corrected chi connectivity index (χ0v) is 7.45. The van der Waals surface area contributed by atoms with Gasteiger partial charge in [-0.05, 0) is 7.05 Å². The van der Waals surface area contributed by atoms with Crippen molar-refractivity contribution in [3.05, 3.63) is 0 Å². The van der Waals surface area contributed by atoms with E-state index >= 15 is 0 Å². The van der Waals surface area contributed by atoms with Crippen molar-refractivity contribution in [3.8, 4) is 0 Å². The number of hydrogen-bond donors (Lipinski definition) is 2. The smallest absolute Gasteiger partial charge is 0.329 e. The SMILES string of the molecule is CNC(CN)C(F)(F)F.Cl.Cl. The molecule has 72 valence electrons. The molecule has 0 heterocycles. The van der Waals surface area contributed by atoms with Gasteiger partial charge in [-0.3, -0.25) is 0 Å². The lowest BCUT2D eigenvalue weighted by Crippen LogP contribution is -2.45. The van der Waals surface area contributed by atoms with Crippen LogP contribution in [0.3, 0.4) is 0 Å². The largest absolute Gasteiger partial charge is 0.405 e. The summed E-state index contributed by atoms with van der Waals surface area (Å²) in [6, 6.07) is -1.57. The minimum atomic E-state index is -4.22. The molecular weight excluding hydrogens is 204 g/mol. The van der Waals surface area contributed by atoms with Gasteiger partial charge in [-0.1, -0.05) is 0 Å². The highest BCUT2D eigenvalue weighted by molar-refractivity contribution is 5.85. The Hall–Kier alpha value is 0.290. The normalized spacial score (nSPS) is 12.8. The van der Waals surface area contributed by atoms with E-state index in [2.05, 4.69) is 0 Å². The molecular formula is C4H11Cl2F3N2. The number of rotatable bonds is 2. The summed E-state index contributed by atoms with van der Waals surface area (Å²) in [4.78, 5) is 0. The van der Waals surface area contributed by atoms with Crippen LogP contribution < -0.4 is 11.1 Å². The summed E-state index contributed by atoms with van der Waals surface area (Å²) < 4.78 is 34.7. The van der Waals surface area contributed by atoms with E-state index in [0.29, 0.717) is 0 Å². The zero-order chi connectivity index (χ0) is 7.49. The summed E-state index contributed by atoms with van der Waals surface area (Å²) >= 11 is 0. The van der Waals surface area contributed by atoms with E-state index in [-0.39, 0.29) is 24.8 Å². The first-order valence-corrected chi connectivity index (χ1v) is 2.46. The van der Waals surface area contributed by atoms with Gasteiger partial charge in [-0.2, -0.15) is 13.2 Å². The van der Waals surface area contributed by atoms with E-state index in [4.69, 9.17) is 5.73 Å². The highest BCUT2D eigenvalue weighted by Gasteiger charge is 2.37. The molecule has 1 atom stereocenters. The van der Waals surface area contributed by atoms with Gasteiger partial charge in [0.15, 0.2) is 0 Å². The summed E-state index contributed by atoms with van der Waals surface area (Å²) in [5.74, 6) is 0. The van der Waals surface area contributed by atoms with Gasteiger partial charge >= 0.3 is 6.18 Å². The fraction of sp³-hybridized carbons (Fsp3) is 1.00. The lowest BCUT2D eigenvalue weighted by atomic mass is 10.3. The minimum Gasteiger partial charge on any atom is -0.329 e. The van der Waals surface area contributed by atoms with Crippen molar-refractivity contribution in [1.29, 1.82) is 0 Å². The number of halogens is 5. The molecule has 0 fully saturated rings. The average molecular weight is 215 g/mol. The molecule has 0 aliphatic carbocycles. The lowest BCUT2D eigenvalue weighted by Gasteiger charge is -2.16. The molecule has 0 radical (unpaired) electrons. The maximum atomic E-state index is 11.6. The molecule has 2 nitrogen and oxygen atoms in total. The van der Waals surface area contributed by atoms with Crippen molar-refractivity contribution in [2.45, 2.75) is 12.2 Å². The van der Waals surface area contributed by atoms with Crippen molar-refractivity contribution in [2.75, 3.05) is 13.6 Å². The molecule has 0 rings (SSSR count). The molecule has 0 spiro atoms. The van der Waals surface area contributed by atoms with Crippen LogP contribution in [0.5, 0.6) is 0 Å². The standard InChI is InChI=1S/C4H9F3N2.2ClH/c1-9-3(2-8)4(5,6)7;;/h3,9H,2,8H2,1H3;2*1H. The fourth-order valence-electron chi connectivity index (χ4n) is 0.415. The molecule has 0 amide bonds. The average Bonchev–Trinajstić information content (AvgIpc) is 1.65. The Bertz CT molecular complexity index is 83.9. The molecule has 0 aromatic heterocycles. The predicted octanol–water partition coefficient (Wildman–Crippen LogP) is 0.939. The van der Waals surface area contributed by atoms with Crippen molar-refractivity contribution in [1.82, 2.24) is 5.32 Å². The summed E-state index contributed by atoms with van der Waals surface area (Å²) in [6.45, 7) is -0.417. The number of likely N-dealkylation sites (N-methyl/N-ethyl adjacent to an activating group) is 1. The second-order valence-corrected chi connectivity index (χ2v) is 1.62. The van der Waals surface area contributed by atoms with Crippen LogP contribution in [0.2, 0.25) is 0 Å². The fourth-order valence-corrected chi connectivity index (χ4v) is 0.415. The highest BCUT2D eigenvalue weighted by atomic mass is 35.5. The van der Waals surface area contributed by atoms with E-state index in [1.807, 2.05) is 5.32 Å². The maximum absolute atomic E-state index is 11.6. The third-order valence-corrected chi connectivity index (χ3v) is 0.979. The molecule has 0 aromatic carbocycles. The maximum Gasteiger partial charge on any atom is 0.405 e. The second kappa shape index (κ2) is 6.97. The summed E-state index contributed by atoms with van der Waals surface area (Å²) in [6.07, 6.45) is -4.22. The number of alkyl halides is 3. The van der Waals surface area contributed by atoms with Crippen molar-refractivity contribution in [3.63, 3.8) is 0 Å². The quantitative estimate of drug-likeness (QED) is 0.719. The van der Waals surface area contributed by atoms with Crippen LogP contribution in [-0.4, -0.2) is 25.8 Å². The predicted molar refractivity (Wildman–Crippen MR) is 42.5 cm³/mol. The molecule has 1 unspecified atom stereocenters. The highest BCUT2D eigenvalue weighted by Crippen LogP contribution is 2.18. The Morgan fingerprint density at radius 3 is 1.73 bits per heavy atom. The Labute approximate surface area is 75.5 Å². The van der Waals surface area contributed by atoms with Crippen LogP contribution in [-0.2, 0) is 0 Å². The van der Waals surface area contributed by atoms with Crippen molar-refractivity contribution >= 4 is 24.8 Å². The van der Waals surface area contributed by atoms with E-state index in [1.165, 1.54) is 7.05 Å². The summed E-state index contributed by atoms with van der Waals surface area (Å²) in [5.41, 5.74) is 4.79. The van der Waals surface area contributed by atoms with Crippen molar-refractivity contribution < 1.29 is 13.2 Å². The molecule has 0 aliphatic heterocycles. The summed E-state index contributed by atoms with van der Waals surface area (Å²) in [7, 11) is 1.23. The van der Waals surface area contributed by atoms with Crippen LogP contribution in [0, 0.1) is 0 Å².